The average Bonchev–Trinajstić information content (AvgIpc) is 3.25. The molecule has 0 radical (unpaired) electrons. The highest BCUT2D eigenvalue weighted by atomic mass is 79.9. The van der Waals surface area contributed by atoms with Gasteiger partial charge in [-0.15, -0.1) is 0 Å². The number of hydrogen-bond donors (Lipinski definition) is 0. The third kappa shape index (κ3) is 1.67. The van der Waals surface area contributed by atoms with Gasteiger partial charge in [0.1, 0.15) is 6.61 Å². The second-order valence-electron chi connectivity index (χ2n) is 5.69. The molecule has 1 heterocycles. The summed E-state index contributed by atoms with van der Waals surface area (Å²) in [5.74, 6) is -2.23. The smallest absolute Gasteiger partial charge is 0.200 e. The molecule has 22 heavy (non-hydrogen) atoms. The van der Waals surface area contributed by atoms with Gasteiger partial charge in [-0.2, -0.15) is 9.65 Å². The van der Waals surface area contributed by atoms with E-state index in [1.165, 1.54) is 0 Å². The Balaban J connectivity index is 2.02. The molecule has 1 spiro atoms. The first kappa shape index (κ1) is 13.7. The van der Waals surface area contributed by atoms with Gasteiger partial charge in [-0.3, -0.25) is 0 Å². The molecule has 0 amide bonds. The van der Waals surface area contributed by atoms with Crippen LogP contribution in [0.3, 0.4) is 0 Å². The summed E-state index contributed by atoms with van der Waals surface area (Å²) in [6.45, 7) is 0.155. The van der Waals surface area contributed by atoms with Gasteiger partial charge in [-0.1, -0.05) is 28.1 Å². The van der Waals surface area contributed by atoms with Gasteiger partial charge < -0.3 is 4.74 Å². The van der Waals surface area contributed by atoms with Gasteiger partial charge in [0, 0.05) is 15.5 Å². The van der Waals surface area contributed by atoms with Crippen molar-refractivity contribution in [3.63, 3.8) is 0 Å². The van der Waals surface area contributed by atoms with Crippen molar-refractivity contribution in [2.45, 2.75) is 18.4 Å². The van der Waals surface area contributed by atoms with Crippen LogP contribution in [0.15, 0.2) is 34.8 Å². The minimum Gasteiger partial charge on any atom is -0.485 e. The van der Waals surface area contributed by atoms with Crippen molar-refractivity contribution in [3.05, 3.63) is 63.1 Å². The Hall–Kier alpha value is -1.93. The predicted molar refractivity (Wildman–Crippen MR) is 79.3 cm³/mol. The molecule has 0 aromatic heterocycles. The van der Waals surface area contributed by atoms with Crippen LogP contribution in [-0.4, -0.2) is 0 Å². The summed E-state index contributed by atoms with van der Waals surface area (Å²) >= 11 is 3.41. The van der Waals surface area contributed by atoms with Crippen molar-refractivity contribution >= 4 is 15.9 Å². The molecule has 2 atom stereocenters. The highest BCUT2D eigenvalue weighted by molar-refractivity contribution is 9.10. The fourth-order valence-electron chi connectivity index (χ4n) is 3.45. The number of rotatable bonds is 0. The number of hydrogen-bond acceptors (Lipinski definition) is 2. The lowest BCUT2D eigenvalue weighted by Crippen LogP contribution is -2.13. The first-order valence-electron chi connectivity index (χ1n) is 6.87. The molecule has 5 heteroatoms. The van der Waals surface area contributed by atoms with Crippen LogP contribution in [0.25, 0.3) is 0 Å². The van der Waals surface area contributed by atoms with E-state index in [1.54, 1.807) is 6.07 Å². The molecule has 2 aliphatic rings. The van der Waals surface area contributed by atoms with Crippen molar-refractivity contribution < 1.29 is 13.5 Å². The number of fused-ring (bicyclic) bond motifs is 4. The van der Waals surface area contributed by atoms with Gasteiger partial charge in [0.15, 0.2) is 11.6 Å². The lowest BCUT2D eigenvalue weighted by molar-refractivity contribution is 0.284. The Bertz CT molecular complexity index is 845. The number of halogens is 3. The molecular formula is C17H10BrF2NO. The lowest BCUT2D eigenvalue weighted by atomic mass is 9.83. The SMILES string of the molecule is N#CC1CC12c1ccc(Br)cc1COc1c2ccc(F)c1F. The molecule has 0 saturated heterocycles. The van der Waals surface area contributed by atoms with E-state index in [1.807, 2.05) is 18.2 Å². The minimum absolute atomic E-state index is 0.0647. The lowest BCUT2D eigenvalue weighted by Gasteiger charge is -2.18. The Morgan fingerprint density at radius 3 is 2.73 bits per heavy atom. The summed E-state index contributed by atoms with van der Waals surface area (Å²) in [4.78, 5) is 0. The van der Waals surface area contributed by atoms with Gasteiger partial charge in [-0.25, -0.2) is 4.39 Å². The molecule has 0 bridgehead atoms. The molecule has 2 aromatic rings. The number of nitriles is 1. The third-order valence-electron chi connectivity index (χ3n) is 4.57. The molecular weight excluding hydrogens is 352 g/mol. The van der Waals surface area contributed by atoms with Gasteiger partial charge in [0.05, 0.1) is 12.0 Å². The van der Waals surface area contributed by atoms with E-state index in [2.05, 4.69) is 22.0 Å². The zero-order valence-electron chi connectivity index (χ0n) is 11.4. The number of nitrogens with zero attached hydrogens (tertiary/aromatic N) is 1. The average molecular weight is 362 g/mol. The zero-order valence-corrected chi connectivity index (χ0v) is 13.0. The number of benzene rings is 2. The second-order valence-corrected chi connectivity index (χ2v) is 6.60. The zero-order chi connectivity index (χ0) is 15.5. The fraction of sp³-hybridized carbons (Fsp3) is 0.235. The van der Waals surface area contributed by atoms with E-state index in [4.69, 9.17) is 4.74 Å². The maximum absolute atomic E-state index is 14.2. The fourth-order valence-corrected chi connectivity index (χ4v) is 3.86. The summed E-state index contributed by atoms with van der Waals surface area (Å²) in [6.07, 6.45) is 0.597. The summed E-state index contributed by atoms with van der Waals surface area (Å²) < 4.78 is 34.2. The summed E-state index contributed by atoms with van der Waals surface area (Å²) in [7, 11) is 0. The standard InChI is InChI=1S/C17H10BrF2NO/c18-11-1-2-12-9(5-11)8-22-16-13(3-4-14(19)15(16)20)17(12)6-10(17)7-21/h1-5,10H,6,8H2. The van der Waals surface area contributed by atoms with E-state index in [9.17, 15) is 14.0 Å². The number of ether oxygens (including phenoxy) is 1. The summed E-state index contributed by atoms with van der Waals surface area (Å²) in [6, 6.07) is 10.7. The van der Waals surface area contributed by atoms with Crippen LogP contribution in [-0.2, 0) is 12.0 Å². The van der Waals surface area contributed by atoms with Crippen LogP contribution in [0.1, 0.15) is 23.1 Å². The molecule has 1 saturated carbocycles. The predicted octanol–water partition coefficient (Wildman–Crippen LogP) is 4.45. The Kier molecular flexibility index (Phi) is 2.82. The largest absolute Gasteiger partial charge is 0.485 e. The highest BCUT2D eigenvalue weighted by Crippen LogP contribution is 2.62. The van der Waals surface area contributed by atoms with Gasteiger partial charge in [-0.05, 0) is 35.7 Å². The quantitative estimate of drug-likeness (QED) is 0.694. The van der Waals surface area contributed by atoms with Crippen LogP contribution < -0.4 is 4.74 Å². The highest BCUT2D eigenvalue weighted by Gasteiger charge is 2.60. The van der Waals surface area contributed by atoms with Gasteiger partial charge in [0.25, 0.3) is 0 Å². The van der Waals surface area contributed by atoms with Crippen LogP contribution in [0, 0.1) is 28.9 Å². The van der Waals surface area contributed by atoms with E-state index >= 15 is 0 Å². The van der Waals surface area contributed by atoms with Crippen molar-refractivity contribution in [1.82, 2.24) is 0 Å². The van der Waals surface area contributed by atoms with Gasteiger partial charge >= 0.3 is 0 Å². The molecule has 2 unspecified atom stereocenters. The molecule has 4 rings (SSSR count). The molecule has 110 valence electrons. The maximum atomic E-state index is 14.2. The molecule has 1 aliphatic carbocycles. The van der Waals surface area contributed by atoms with Crippen LogP contribution >= 0.6 is 15.9 Å². The van der Waals surface area contributed by atoms with Crippen molar-refractivity contribution in [2.24, 2.45) is 5.92 Å². The van der Waals surface area contributed by atoms with Crippen LogP contribution in [0.2, 0.25) is 0 Å². The maximum Gasteiger partial charge on any atom is 0.200 e. The normalized spacial score (nSPS) is 24.7. The van der Waals surface area contributed by atoms with Crippen LogP contribution in [0.4, 0.5) is 8.78 Å². The van der Waals surface area contributed by atoms with Crippen molar-refractivity contribution in [2.75, 3.05) is 0 Å². The van der Waals surface area contributed by atoms with E-state index in [0.717, 1.165) is 21.7 Å². The third-order valence-corrected chi connectivity index (χ3v) is 5.06. The van der Waals surface area contributed by atoms with E-state index in [0.29, 0.717) is 12.0 Å². The van der Waals surface area contributed by atoms with Gasteiger partial charge in [0.2, 0.25) is 5.82 Å². The molecule has 0 N–H and O–H groups in total. The molecule has 1 aliphatic heterocycles. The van der Waals surface area contributed by atoms with E-state index < -0.39 is 17.0 Å². The Labute approximate surface area is 134 Å². The first-order chi connectivity index (χ1) is 10.6. The monoisotopic (exact) mass is 361 g/mol. The Morgan fingerprint density at radius 1 is 1.23 bits per heavy atom. The molecule has 1 fully saturated rings. The minimum atomic E-state index is -0.979. The summed E-state index contributed by atoms with van der Waals surface area (Å²) in [5, 5.41) is 9.38. The second kappa shape index (κ2) is 4.53. The Morgan fingerprint density at radius 2 is 2.00 bits per heavy atom. The van der Waals surface area contributed by atoms with Crippen molar-refractivity contribution in [1.29, 1.82) is 5.26 Å². The topological polar surface area (TPSA) is 33.0 Å². The molecule has 2 nitrogen and oxygen atoms in total. The van der Waals surface area contributed by atoms with Crippen molar-refractivity contribution in [3.8, 4) is 11.8 Å². The van der Waals surface area contributed by atoms with Crippen LogP contribution in [0.5, 0.6) is 5.75 Å². The summed E-state index contributed by atoms with van der Waals surface area (Å²) in [5.41, 5.74) is 1.83. The molecule has 2 aromatic carbocycles. The van der Waals surface area contributed by atoms with E-state index in [-0.39, 0.29) is 18.3 Å². The first-order valence-corrected chi connectivity index (χ1v) is 7.67.